The number of amides is 1. The molecule has 0 saturated heterocycles. The number of anilines is 1. The molecule has 3 aromatic heterocycles. The van der Waals surface area contributed by atoms with Gasteiger partial charge >= 0.3 is 0 Å². The molecule has 1 amide bonds. The molecule has 0 radical (unpaired) electrons. The molecule has 4 aromatic rings. The number of benzene rings is 1. The number of carbonyl (C=O) groups excluding carboxylic acids is 1. The lowest BCUT2D eigenvalue weighted by molar-refractivity contribution is -0.120. The van der Waals surface area contributed by atoms with Crippen LogP contribution in [-0.4, -0.2) is 35.4 Å². The van der Waals surface area contributed by atoms with E-state index in [1.165, 1.54) is 12.8 Å². The van der Waals surface area contributed by atoms with Crippen molar-refractivity contribution in [3.8, 4) is 22.6 Å². The third-order valence-corrected chi connectivity index (χ3v) is 7.68. The number of nitrogens with one attached hydrogen (secondary N) is 1. The van der Waals surface area contributed by atoms with Crippen molar-refractivity contribution >= 4 is 22.8 Å². The highest BCUT2D eigenvalue weighted by Gasteiger charge is 2.45. The van der Waals surface area contributed by atoms with E-state index in [1.807, 2.05) is 19.1 Å². The minimum Gasteiger partial charge on any atom is -0.325 e. The summed E-state index contributed by atoms with van der Waals surface area (Å²) in [7, 11) is 0. The van der Waals surface area contributed by atoms with Crippen molar-refractivity contribution in [1.29, 1.82) is 0 Å². The summed E-state index contributed by atoms with van der Waals surface area (Å²) in [5, 5.41) is 3.11. The van der Waals surface area contributed by atoms with Crippen LogP contribution in [0.1, 0.15) is 51.4 Å². The number of carbonyl (C=O) groups is 1. The van der Waals surface area contributed by atoms with E-state index in [-0.39, 0.29) is 5.91 Å². The largest absolute Gasteiger partial charge is 0.325 e. The van der Waals surface area contributed by atoms with Gasteiger partial charge in [0.1, 0.15) is 29.2 Å². The fourth-order valence-electron chi connectivity index (χ4n) is 5.49. The van der Waals surface area contributed by atoms with Crippen molar-refractivity contribution in [3.63, 3.8) is 0 Å². The predicted octanol–water partition coefficient (Wildman–Crippen LogP) is 4.92. The molecular formula is C27H29N7O. The monoisotopic (exact) mass is 467 g/mol. The number of hydrogen-bond acceptors (Lipinski definition) is 6. The number of nitrogens with zero attached hydrogens (tertiary/aromatic N) is 6. The van der Waals surface area contributed by atoms with E-state index < -0.39 is 5.41 Å². The molecule has 1 aromatic carbocycles. The van der Waals surface area contributed by atoms with Gasteiger partial charge in [-0.05, 0) is 69.6 Å². The molecule has 2 atom stereocenters. The second-order valence-electron chi connectivity index (χ2n) is 10.2. The topological polar surface area (TPSA) is 98.5 Å². The second-order valence-corrected chi connectivity index (χ2v) is 10.2. The Balaban J connectivity index is 1.47. The molecule has 1 aliphatic heterocycles. The van der Waals surface area contributed by atoms with Crippen LogP contribution in [0.25, 0.3) is 33.8 Å². The summed E-state index contributed by atoms with van der Waals surface area (Å²) < 4.78 is 2.06. The van der Waals surface area contributed by atoms with Gasteiger partial charge in [-0.3, -0.25) is 4.79 Å². The first-order chi connectivity index (χ1) is 16.9. The van der Waals surface area contributed by atoms with Crippen LogP contribution >= 0.6 is 0 Å². The number of aromatic nitrogens is 6. The van der Waals surface area contributed by atoms with Crippen molar-refractivity contribution in [2.75, 3.05) is 5.32 Å². The minimum absolute atomic E-state index is 0.0851. The number of fused-ring (bicyclic) bond motifs is 2. The normalized spacial score (nSPS) is 20.2. The minimum atomic E-state index is -0.549. The van der Waals surface area contributed by atoms with Crippen LogP contribution in [0, 0.1) is 18.8 Å². The number of aryl methyl sites for hydroxylation is 2. The summed E-state index contributed by atoms with van der Waals surface area (Å²) >= 11 is 0. The second kappa shape index (κ2) is 7.93. The van der Waals surface area contributed by atoms with Gasteiger partial charge < -0.3 is 9.88 Å². The van der Waals surface area contributed by atoms with Crippen LogP contribution in [0.2, 0.25) is 0 Å². The van der Waals surface area contributed by atoms with E-state index >= 15 is 0 Å². The quantitative estimate of drug-likeness (QED) is 0.432. The molecule has 8 nitrogen and oxygen atoms in total. The highest BCUT2D eigenvalue weighted by Crippen LogP contribution is 2.48. The number of rotatable bonds is 6. The summed E-state index contributed by atoms with van der Waals surface area (Å²) in [5.74, 6) is 2.84. The summed E-state index contributed by atoms with van der Waals surface area (Å²) in [5.41, 5.74) is 5.43. The maximum atomic E-state index is 13.1. The first-order valence-electron chi connectivity index (χ1n) is 12.4. The molecule has 8 heteroatoms. The Bertz CT molecular complexity index is 1450. The fraction of sp³-hybridized carbons (Fsp3) is 0.407. The summed E-state index contributed by atoms with van der Waals surface area (Å²) in [6.45, 7) is 8.99. The molecular weight excluding hydrogens is 438 g/mol. The third-order valence-electron chi connectivity index (χ3n) is 7.68. The standard InChI is InChI=1S/C27H29N7O/c1-5-34-24(19-12-28-16(3)29-13-19)33-23-22(30-14-31-25(23)34)18-8-9-21-20(10-18)27(4,26(35)32-21)11-15(2)17-6-7-17/h8-10,12-15,17H,5-7,11H2,1-4H3,(H,32,35)/t15-,27?/m0/s1. The number of imidazole rings is 1. The molecule has 1 fully saturated rings. The SMILES string of the molecule is CCn1c(-c2cnc(C)nc2)nc2c(-c3ccc4c(c3)C(C)(C[C@H](C)C3CC3)C(=O)N4)ncnc21. The summed E-state index contributed by atoms with van der Waals surface area (Å²) in [6, 6.07) is 6.12. The number of hydrogen-bond donors (Lipinski definition) is 1. The molecule has 0 bridgehead atoms. The molecule has 178 valence electrons. The van der Waals surface area contributed by atoms with E-state index in [9.17, 15) is 4.79 Å². The first kappa shape index (κ1) is 21.8. The zero-order valence-corrected chi connectivity index (χ0v) is 20.5. The fourth-order valence-corrected chi connectivity index (χ4v) is 5.49. The van der Waals surface area contributed by atoms with Crippen molar-refractivity contribution in [1.82, 2.24) is 29.5 Å². The van der Waals surface area contributed by atoms with E-state index in [1.54, 1.807) is 18.7 Å². The smallest absolute Gasteiger partial charge is 0.234 e. The lowest BCUT2D eigenvalue weighted by atomic mass is 9.75. The van der Waals surface area contributed by atoms with Crippen molar-refractivity contribution in [3.05, 3.63) is 48.3 Å². The molecule has 1 unspecified atom stereocenters. The van der Waals surface area contributed by atoms with Crippen molar-refractivity contribution in [2.24, 2.45) is 11.8 Å². The van der Waals surface area contributed by atoms with Gasteiger partial charge in [-0.15, -0.1) is 0 Å². The van der Waals surface area contributed by atoms with Crippen LogP contribution in [0.3, 0.4) is 0 Å². The Morgan fingerprint density at radius 3 is 2.63 bits per heavy atom. The first-order valence-corrected chi connectivity index (χ1v) is 12.4. The third kappa shape index (κ3) is 3.50. The van der Waals surface area contributed by atoms with Gasteiger partial charge in [-0.2, -0.15) is 0 Å². The van der Waals surface area contributed by atoms with Crippen molar-refractivity contribution < 1.29 is 4.79 Å². The molecule has 1 saturated carbocycles. The van der Waals surface area contributed by atoms with E-state index in [0.717, 1.165) is 57.4 Å². The van der Waals surface area contributed by atoms with Gasteiger partial charge in [-0.1, -0.05) is 13.0 Å². The molecule has 1 aliphatic carbocycles. The van der Waals surface area contributed by atoms with Gasteiger partial charge in [-0.25, -0.2) is 24.9 Å². The lowest BCUT2D eigenvalue weighted by Gasteiger charge is -2.26. The maximum Gasteiger partial charge on any atom is 0.234 e. The Morgan fingerprint density at radius 2 is 1.91 bits per heavy atom. The molecule has 4 heterocycles. The Kier molecular flexibility index (Phi) is 4.95. The zero-order chi connectivity index (χ0) is 24.3. The average molecular weight is 468 g/mol. The van der Waals surface area contributed by atoms with Crippen LogP contribution in [0.5, 0.6) is 0 Å². The van der Waals surface area contributed by atoms with E-state index in [2.05, 4.69) is 56.7 Å². The van der Waals surface area contributed by atoms with Crippen molar-refractivity contribution in [2.45, 2.75) is 58.9 Å². The molecule has 6 rings (SSSR count). The average Bonchev–Trinajstić information content (AvgIpc) is 3.60. The lowest BCUT2D eigenvalue weighted by Crippen LogP contribution is -2.33. The van der Waals surface area contributed by atoms with Crippen LogP contribution < -0.4 is 5.32 Å². The van der Waals surface area contributed by atoms with Crippen LogP contribution in [0.4, 0.5) is 5.69 Å². The summed E-state index contributed by atoms with van der Waals surface area (Å²) in [4.78, 5) is 35.9. The summed E-state index contributed by atoms with van der Waals surface area (Å²) in [6.07, 6.45) is 8.58. The van der Waals surface area contributed by atoms with Gasteiger partial charge in [0.15, 0.2) is 5.65 Å². The Morgan fingerprint density at radius 1 is 1.14 bits per heavy atom. The molecule has 1 N–H and O–H groups in total. The van der Waals surface area contributed by atoms with Gasteiger partial charge in [0.25, 0.3) is 0 Å². The van der Waals surface area contributed by atoms with Gasteiger partial charge in [0.05, 0.1) is 11.0 Å². The zero-order valence-electron chi connectivity index (χ0n) is 20.5. The molecule has 0 spiro atoms. The van der Waals surface area contributed by atoms with Gasteiger partial charge in [0, 0.05) is 30.2 Å². The predicted molar refractivity (Wildman–Crippen MR) is 135 cm³/mol. The van der Waals surface area contributed by atoms with E-state index in [0.29, 0.717) is 18.3 Å². The highest BCUT2D eigenvalue weighted by molar-refractivity contribution is 6.06. The maximum absolute atomic E-state index is 13.1. The van der Waals surface area contributed by atoms with E-state index in [4.69, 9.17) is 4.98 Å². The highest BCUT2D eigenvalue weighted by atomic mass is 16.2. The molecule has 35 heavy (non-hydrogen) atoms. The van der Waals surface area contributed by atoms with Crippen LogP contribution in [0.15, 0.2) is 36.9 Å². The Hall–Kier alpha value is -3.68. The molecule has 2 aliphatic rings. The van der Waals surface area contributed by atoms with Gasteiger partial charge in [0.2, 0.25) is 5.91 Å². The van der Waals surface area contributed by atoms with Crippen LogP contribution in [-0.2, 0) is 16.8 Å². The Labute approximate surface area is 204 Å².